The molecule has 0 radical (unpaired) electrons. The molecule has 6 nitrogen and oxygen atoms in total. The molecule has 0 spiro atoms. The summed E-state index contributed by atoms with van der Waals surface area (Å²) >= 11 is 0. The Balaban J connectivity index is 3.15. The first-order valence-corrected chi connectivity index (χ1v) is 2.83. The van der Waals surface area contributed by atoms with Crippen molar-refractivity contribution in [2.75, 3.05) is 0 Å². The topological polar surface area (TPSA) is 110 Å². The molecule has 0 saturated carbocycles. The average molecular weight is 153 g/mol. The van der Waals surface area contributed by atoms with E-state index in [-0.39, 0.29) is 11.8 Å². The molecule has 0 unspecified atom stereocenters. The van der Waals surface area contributed by atoms with Gasteiger partial charge in [-0.25, -0.2) is 4.98 Å². The molecule has 1 heterocycles. The SMILES string of the molecule is NC(N)=Nc1ncc[nH]c1=O. The highest BCUT2D eigenvalue weighted by molar-refractivity contribution is 5.78. The Morgan fingerprint density at radius 1 is 1.64 bits per heavy atom. The fourth-order valence-corrected chi connectivity index (χ4v) is 0.546. The molecule has 0 atom stereocenters. The summed E-state index contributed by atoms with van der Waals surface area (Å²) in [6.45, 7) is 0. The molecular formula is C5H7N5O. The molecule has 0 fully saturated rings. The third kappa shape index (κ3) is 1.78. The number of rotatable bonds is 1. The van der Waals surface area contributed by atoms with Crippen LogP contribution in [0, 0.1) is 0 Å². The maximum Gasteiger partial charge on any atom is 0.293 e. The van der Waals surface area contributed by atoms with Gasteiger partial charge < -0.3 is 16.5 Å². The van der Waals surface area contributed by atoms with E-state index in [4.69, 9.17) is 11.5 Å². The van der Waals surface area contributed by atoms with Gasteiger partial charge in [-0.1, -0.05) is 0 Å². The number of nitrogens with two attached hydrogens (primary N) is 2. The van der Waals surface area contributed by atoms with Crippen LogP contribution in [0.5, 0.6) is 0 Å². The zero-order valence-corrected chi connectivity index (χ0v) is 5.61. The van der Waals surface area contributed by atoms with Gasteiger partial charge in [-0.3, -0.25) is 4.79 Å². The summed E-state index contributed by atoms with van der Waals surface area (Å²) in [4.78, 5) is 20.3. The van der Waals surface area contributed by atoms with Crippen LogP contribution in [0.25, 0.3) is 0 Å². The Kier molecular flexibility index (Phi) is 1.86. The van der Waals surface area contributed by atoms with Crippen LogP contribution >= 0.6 is 0 Å². The molecule has 0 saturated heterocycles. The Labute approximate surface area is 62.0 Å². The summed E-state index contributed by atoms with van der Waals surface area (Å²) in [6, 6.07) is 0. The smallest absolute Gasteiger partial charge is 0.293 e. The molecule has 6 heteroatoms. The van der Waals surface area contributed by atoms with Crippen molar-refractivity contribution in [2.24, 2.45) is 16.5 Å². The normalized spacial score (nSPS) is 9.09. The van der Waals surface area contributed by atoms with E-state index in [0.29, 0.717) is 0 Å². The first-order valence-electron chi connectivity index (χ1n) is 2.83. The Morgan fingerprint density at radius 2 is 2.36 bits per heavy atom. The van der Waals surface area contributed by atoms with Gasteiger partial charge in [-0.05, 0) is 0 Å². The molecule has 0 aliphatic carbocycles. The zero-order valence-electron chi connectivity index (χ0n) is 5.61. The minimum atomic E-state index is -0.416. The van der Waals surface area contributed by atoms with Gasteiger partial charge in [0.25, 0.3) is 5.56 Å². The molecule has 0 amide bonds. The molecule has 1 aromatic rings. The molecule has 58 valence electrons. The molecule has 0 bridgehead atoms. The van der Waals surface area contributed by atoms with Gasteiger partial charge >= 0.3 is 0 Å². The Hall–Kier alpha value is -1.85. The fourth-order valence-electron chi connectivity index (χ4n) is 0.546. The van der Waals surface area contributed by atoms with Crippen molar-refractivity contribution in [3.63, 3.8) is 0 Å². The highest BCUT2D eigenvalue weighted by atomic mass is 16.1. The molecule has 5 N–H and O–H groups in total. The zero-order chi connectivity index (χ0) is 8.27. The molecule has 11 heavy (non-hydrogen) atoms. The lowest BCUT2D eigenvalue weighted by atomic mass is 10.6. The van der Waals surface area contributed by atoms with Crippen molar-refractivity contribution in [2.45, 2.75) is 0 Å². The minimum Gasteiger partial charge on any atom is -0.370 e. The van der Waals surface area contributed by atoms with Crippen molar-refractivity contribution < 1.29 is 0 Å². The monoisotopic (exact) mass is 153 g/mol. The number of aromatic amines is 1. The van der Waals surface area contributed by atoms with E-state index in [1.807, 2.05) is 0 Å². The van der Waals surface area contributed by atoms with Crippen LogP contribution < -0.4 is 17.0 Å². The van der Waals surface area contributed by atoms with Crippen LogP contribution in [0.2, 0.25) is 0 Å². The second-order valence-electron chi connectivity index (χ2n) is 1.78. The highest BCUT2D eigenvalue weighted by Crippen LogP contribution is 1.92. The van der Waals surface area contributed by atoms with Crippen LogP contribution in [0.15, 0.2) is 22.2 Å². The number of H-pyrrole nitrogens is 1. The standard InChI is InChI=1S/C5H7N5O/c6-5(7)10-3-4(11)9-2-1-8-3/h1-2H,(H,9,11)(H4,6,7,8,10). The van der Waals surface area contributed by atoms with E-state index >= 15 is 0 Å². The summed E-state index contributed by atoms with van der Waals surface area (Å²) in [5.41, 5.74) is 9.64. The van der Waals surface area contributed by atoms with Crippen LogP contribution in [-0.4, -0.2) is 15.9 Å². The van der Waals surface area contributed by atoms with Gasteiger partial charge in [0.1, 0.15) is 0 Å². The predicted octanol–water partition coefficient (Wildman–Crippen LogP) is -1.33. The maximum atomic E-state index is 10.8. The molecule has 0 aliphatic rings. The Bertz CT molecular complexity index is 324. The van der Waals surface area contributed by atoms with E-state index < -0.39 is 5.56 Å². The van der Waals surface area contributed by atoms with Gasteiger partial charge in [-0.15, -0.1) is 0 Å². The predicted molar refractivity (Wildman–Crippen MR) is 40.3 cm³/mol. The summed E-state index contributed by atoms with van der Waals surface area (Å²) in [5, 5.41) is 0. The van der Waals surface area contributed by atoms with Crippen molar-refractivity contribution in [3.05, 3.63) is 22.7 Å². The van der Waals surface area contributed by atoms with Crippen LogP contribution in [0.3, 0.4) is 0 Å². The van der Waals surface area contributed by atoms with Crippen LogP contribution in [0.1, 0.15) is 0 Å². The average Bonchev–Trinajstić information content (AvgIpc) is 1.93. The summed E-state index contributed by atoms with van der Waals surface area (Å²) in [5.74, 6) is -0.221. The largest absolute Gasteiger partial charge is 0.370 e. The number of aromatic nitrogens is 2. The number of nitrogens with zero attached hydrogens (tertiary/aromatic N) is 2. The van der Waals surface area contributed by atoms with Gasteiger partial charge in [0.15, 0.2) is 5.96 Å². The fraction of sp³-hybridized carbons (Fsp3) is 0. The van der Waals surface area contributed by atoms with Gasteiger partial charge in [0.2, 0.25) is 5.82 Å². The number of guanidine groups is 1. The lowest BCUT2D eigenvalue weighted by molar-refractivity contribution is 1.11. The van der Waals surface area contributed by atoms with Crippen molar-refractivity contribution in [1.82, 2.24) is 9.97 Å². The first kappa shape index (κ1) is 7.26. The van der Waals surface area contributed by atoms with Crippen molar-refractivity contribution in [1.29, 1.82) is 0 Å². The van der Waals surface area contributed by atoms with E-state index in [1.54, 1.807) is 0 Å². The van der Waals surface area contributed by atoms with Gasteiger partial charge in [0.05, 0.1) is 0 Å². The third-order valence-corrected chi connectivity index (χ3v) is 0.924. The molecule has 1 aromatic heterocycles. The number of hydrogen-bond donors (Lipinski definition) is 3. The van der Waals surface area contributed by atoms with E-state index in [0.717, 1.165) is 0 Å². The third-order valence-electron chi connectivity index (χ3n) is 0.924. The molecule has 0 aliphatic heterocycles. The Morgan fingerprint density at radius 3 is 2.91 bits per heavy atom. The summed E-state index contributed by atoms with van der Waals surface area (Å²) < 4.78 is 0. The van der Waals surface area contributed by atoms with Crippen molar-refractivity contribution in [3.8, 4) is 0 Å². The molecule has 0 aromatic carbocycles. The second-order valence-corrected chi connectivity index (χ2v) is 1.78. The number of aliphatic imine (C=N–C) groups is 1. The molecule has 1 rings (SSSR count). The summed E-state index contributed by atoms with van der Waals surface area (Å²) in [7, 11) is 0. The highest BCUT2D eigenvalue weighted by Gasteiger charge is 1.95. The van der Waals surface area contributed by atoms with Crippen LogP contribution in [0.4, 0.5) is 5.82 Å². The quantitative estimate of drug-likeness (QED) is 0.343. The van der Waals surface area contributed by atoms with Crippen LogP contribution in [-0.2, 0) is 0 Å². The van der Waals surface area contributed by atoms with Gasteiger partial charge in [0, 0.05) is 12.4 Å². The van der Waals surface area contributed by atoms with E-state index in [1.165, 1.54) is 12.4 Å². The van der Waals surface area contributed by atoms with Gasteiger partial charge in [-0.2, -0.15) is 4.99 Å². The lowest BCUT2D eigenvalue weighted by Crippen LogP contribution is -2.23. The van der Waals surface area contributed by atoms with E-state index in [9.17, 15) is 4.79 Å². The first-order chi connectivity index (χ1) is 5.20. The van der Waals surface area contributed by atoms with E-state index in [2.05, 4.69) is 15.0 Å². The minimum absolute atomic E-state index is 0.0347. The lowest BCUT2D eigenvalue weighted by Gasteiger charge is -1.89. The molecular weight excluding hydrogens is 146 g/mol. The second kappa shape index (κ2) is 2.82. The van der Waals surface area contributed by atoms with Crippen molar-refractivity contribution >= 4 is 11.8 Å². The summed E-state index contributed by atoms with van der Waals surface area (Å²) in [6.07, 6.45) is 2.79. The maximum absolute atomic E-state index is 10.8. The number of nitrogens with one attached hydrogen (secondary N) is 1. The number of hydrogen-bond acceptors (Lipinski definition) is 3.